The number of carbonyl (C=O) groups excluding carboxylic acids is 1. The van der Waals surface area contributed by atoms with Crippen molar-refractivity contribution < 1.29 is 14.3 Å². The number of halogens is 1. The fraction of sp³-hybridized carbons (Fsp3) is 0.538. The summed E-state index contributed by atoms with van der Waals surface area (Å²) in [6.45, 7) is 2.70. The zero-order valence-corrected chi connectivity index (χ0v) is 19.2. The molecule has 0 radical (unpaired) electrons. The topological polar surface area (TPSA) is 77.5 Å². The molecule has 2 aromatic rings. The number of rotatable bonds is 9. The fourth-order valence-electron chi connectivity index (χ4n) is 4.84. The van der Waals surface area contributed by atoms with Gasteiger partial charge in [0.1, 0.15) is 11.5 Å². The number of anilines is 1. The van der Waals surface area contributed by atoms with Gasteiger partial charge in [-0.2, -0.15) is 0 Å². The molecule has 1 saturated heterocycles. The van der Waals surface area contributed by atoms with E-state index in [1.165, 1.54) is 5.56 Å². The summed E-state index contributed by atoms with van der Waals surface area (Å²) in [5.41, 5.74) is 1.54. The summed E-state index contributed by atoms with van der Waals surface area (Å²) in [6, 6.07) is 12.8. The third-order valence-electron chi connectivity index (χ3n) is 6.77. The summed E-state index contributed by atoms with van der Waals surface area (Å²) in [5, 5.41) is 16.0. The Morgan fingerprint density at radius 3 is 2.91 bits per heavy atom. The van der Waals surface area contributed by atoms with Crippen molar-refractivity contribution in [1.29, 1.82) is 0 Å². The number of hydrogen-bond acceptors (Lipinski definition) is 5. The lowest BCUT2D eigenvalue weighted by molar-refractivity contribution is 0.0351. The predicted octanol–water partition coefficient (Wildman–Crippen LogP) is 3.36. The van der Waals surface area contributed by atoms with Gasteiger partial charge in [-0.25, -0.2) is 9.37 Å². The smallest absolute Gasteiger partial charge is 0.251 e. The molecule has 1 aromatic heterocycles. The Bertz CT molecular complexity index is 926. The van der Waals surface area contributed by atoms with Gasteiger partial charge in [0.15, 0.2) is 0 Å². The van der Waals surface area contributed by atoms with Crippen LogP contribution in [0.5, 0.6) is 0 Å². The van der Waals surface area contributed by atoms with Crippen molar-refractivity contribution in [3.05, 3.63) is 59.3 Å². The number of amides is 1. The van der Waals surface area contributed by atoms with E-state index in [-0.39, 0.29) is 18.6 Å². The molecule has 1 fully saturated rings. The first-order chi connectivity index (χ1) is 16.0. The van der Waals surface area contributed by atoms with Crippen LogP contribution >= 0.6 is 0 Å². The average molecular weight is 455 g/mol. The molecule has 7 heteroatoms. The van der Waals surface area contributed by atoms with Crippen molar-refractivity contribution in [1.82, 2.24) is 15.2 Å². The van der Waals surface area contributed by atoms with Crippen molar-refractivity contribution in [3.8, 4) is 0 Å². The summed E-state index contributed by atoms with van der Waals surface area (Å²) in [7, 11) is 0. The number of pyridine rings is 1. The van der Waals surface area contributed by atoms with Crippen molar-refractivity contribution in [2.75, 3.05) is 38.1 Å². The van der Waals surface area contributed by atoms with Crippen LogP contribution in [-0.2, 0) is 12.8 Å². The Morgan fingerprint density at radius 2 is 2.09 bits per heavy atom. The molecule has 3 heterocycles. The standard InChI is InChI=1S/C26H35FN4O2/c27-26(14-11-22-10-9-20-8-4-15-28-24(20)29-22)13-5-16-31(19-26)17-12-23(18-32)30-25(33)21-6-2-1-3-7-21/h1-3,6-7,9-10,23,32H,4-5,8,11-19H2,(H,28,29)(H,30,33)/t23-,26+/m0/s1. The number of aryl methyl sites for hydroxylation is 2. The average Bonchev–Trinajstić information content (AvgIpc) is 2.85. The van der Waals surface area contributed by atoms with E-state index in [1.54, 1.807) is 12.1 Å². The Labute approximate surface area is 195 Å². The minimum absolute atomic E-state index is 0.134. The summed E-state index contributed by atoms with van der Waals surface area (Å²) >= 11 is 0. The first-order valence-electron chi connectivity index (χ1n) is 12.2. The molecule has 0 unspecified atom stereocenters. The van der Waals surface area contributed by atoms with Crippen molar-refractivity contribution in [2.45, 2.75) is 56.7 Å². The highest BCUT2D eigenvalue weighted by Gasteiger charge is 2.35. The molecule has 3 N–H and O–H groups in total. The van der Waals surface area contributed by atoms with Crippen molar-refractivity contribution >= 4 is 11.7 Å². The van der Waals surface area contributed by atoms with Gasteiger partial charge in [0.25, 0.3) is 5.91 Å². The summed E-state index contributed by atoms with van der Waals surface area (Å²) in [4.78, 5) is 19.2. The van der Waals surface area contributed by atoms with Crippen LogP contribution in [0.2, 0.25) is 0 Å². The van der Waals surface area contributed by atoms with E-state index in [4.69, 9.17) is 4.98 Å². The summed E-state index contributed by atoms with van der Waals surface area (Å²) in [5.74, 6) is 0.768. The maximum Gasteiger partial charge on any atom is 0.251 e. The molecule has 1 amide bonds. The van der Waals surface area contributed by atoms with Crippen LogP contribution in [0.3, 0.4) is 0 Å². The van der Waals surface area contributed by atoms with E-state index in [0.29, 0.717) is 44.3 Å². The first-order valence-corrected chi connectivity index (χ1v) is 12.2. The van der Waals surface area contributed by atoms with E-state index < -0.39 is 5.67 Å². The number of alkyl halides is 1. The molecule has 0 aliphatic carbocycles. The third kappa shape index (κ3) is 6.51. The molecular weight excluding hydrogens is 419 g/mol. The Hall–Kier alpha value is -2.51. The van der Waals surface area contributed by atoms with E-state index >= 15 is 4.39 Å². The Kier molecular flexibility index (Phi) is 7.93. The van der Waals surface area contributed by atoms with Gasteiger partial charge >= 0.3 is 0 Å². The minimum atomic E-state index is -1.23. The molecule has 33 heavy (non-hydrogen) atoms. The van der Waals surface area contributed by atoms with E-state index in [1.807, 2.05) is 24.3 Å². The molecule has 0 saturated carbocycles. The lowest BCUT2D eigenvalue weighted by Crippen LogP contribution is -2.47. The fourth-order valence-corrected chi connectivity index (χ4v) is 4.84. The maximum atomic E-state index is 15.7. The molecule has 2 aliphatic rings. The first kappa shape index (κ1) is 23.6. The van der Waals surface area contributed by atoms with Crippen LogP contribution in [0.15, 0.2) is 42.5 Å². The molecule has 0 spiro atoms. The van der Waals surface area contributed by atoms with Crippen LogP contribution in [0.4, 0.5) is 10.2 Å². The van der Waals surface area contributed by atoms with Gasteiger partial charge in [0, 0.05) is 30.9 Å². The highest BCUT2D eigenvalue weighted by molar-refractivity contribution is 5.94. The molecule has 4 rings (SSSR count). The molecular formula is C26H35FN4O2. The molecule has 6 nitrogen and oxygen atoms in total. The molecule has 1 aromatic carbocycles. The largest absolute Gasteiger partial charge is 0.394 e. The van der Waals surface area contributed by atoms with Gasteiger partial charge < -0.3 is 20.6 Å². The quantitative estimate of drug-likeness (QED) is 0.542. The van der Waals surface area contributed by atoms with Crippen molar-refractivity contribution in [3.63, 3.8) is 0 Å². The van der Waals surface area contributed by atoms with Gasteiger partial charge in [-0.05, 0) is 75.3 Å². The SMILES string of the molecule is O=C(N[C@H](CO)CCN1CCC[C@@](F)(CCc2ccc3c(n2)NCCC3)C1)c1ccccc1. The summed E-state index contributed by atoms with van der Waals surface area (Å²) in [6.07, 6.45) is 5.25. The number of aliphatic hydroxyl groups excluding tert-OH is 1. The number of aliphatic hydroxyl groups is 1. The van der Waals surface area contributed by atoms with Crippen LogP contribution in [0.1, 0.15) is 53.7 Å². The van der Waals surface area contributed by atoms with Crippen molar-refractivity contribution in [2.24, 2.45) is 0 Å². The normalized spacial score (nSPS) is 21.6. The second-order valence-corrected chi connectivity index (χ2v) is 9.38. The second-order valence-electron chi connectivity index (χ2n) is 9.38. The minimum Gasteiger partial charge on any atom is -0.394 e. The van der Waals surface area contributed by atoms with Gasteiger partial charge in [0.2, 0.25) is 0 Å². The van der Waals surface area contributed by atoms with Gasteiger partial charge in [-0.3, -0.25) is 4.79 Å². The van der Waals surface area contributed by atoms with Crippen LogP contribution in [0, 0.1) is 0 Å². The van der Waals surface area contributed by atoms with Crippen LogP contribution in [-0.4, -0.2) is 65.4 Å². The number of hydrogen-bond donors (Lipinski definition) is 3. The molecule has 2 aliphatic heterocycles. The number of aromatic nitrogens is 1. The maximum absolute atomic E-state index is 15.7. The van der Waals surface area contributed by atoms with Crippen LogP contribution < -0.4 is 10.6 Å². The zero-order chi connectivity index (χ0) is 23.1. The Balaban J connectivity index is 1.26. The number of fused-ring (bicyclic) bond motifs is 1. The summed E-state index contributed by atoms with van der Waals surface area (Å²) < 4.78 is 15.7. The van der Waals surface area contributed by atoms with E-state index in [2.05, 4.69) is 21.6 Å². The second kappa shape index (κ2) is 11.1. The highest BCUT2D eigenvalue weighted by Crippen LogP contribution is 2.30. The van der Waals surface area contributed by atoms with E-state index in [0.717, 1.165) is 43.9 Å². The number of piperidine rings is 1. The number of carbonyl (C=O) groups is 1. The number of likely N-dealkylation sites (tertiary alicyclic amines) is 1. The van der Waals surface area contributed by atoms with Gasteiger partial charge in [0.05, 0.1) is 12.6 Å². The molecule has 2 atom stereocenters. The van der Waals surface area contributed by atoms with Gasteiger partial charge in [-0.1, -0.05) is 24.3 Å². The van der Waals surface area contributed by atoms with E-state index in [9.17, 15) is 9.90 Å². The molecule has 178 valence electrons. The number of nitrogens with zero attached hydrogens (tertiary/aromatic N) is 2. The Morgan fingerprint density at radius 1 is 1.24 bits per heavy atom. The lowest BCUT2D eigenvalue weighted by atomic mass is 9.89. The molecule has 0 bridgehead atoms. The highest BCUT2D eigenvalue weighted by atomic mass is 19.1. The third-order valence-corrected chi connectivity index (χ3v) is 6.77. The zero-order valence-electron chi connectivity index (χ0n) is 19.2. The number of nitrogens with one attached hydrogen (secondary N) is 2. The van der Waals surface area contributed by atoms with Crippen LogP contribution in [0.25, 0.3) is 0 Å². The lowest BCUT2D eigenvalue weighted by Gasteiger charge is -2.38. The monoisotopic (exact) mass is 454 g/mol. The number of benzene rings is 1. The predicted molar refractivity (Wildman–Crippen MR) is 128 cm³/mol. The van der Waals surface area contributed by atoms with Gasteiger partial charge in [-0.15, -0.1) is 0 Å².